The lowest BCUT2D eigenvalue weighted by Crippen LogP contribution is -2.36. The van der Waals surface area contributed by atoms with Crippen LogP contribution in [0.5, 0.6) is 0 Å². The predicted octanol–water partition coefficient (Wildman–Crippen LogP) is 3.45. The molecule has 0 aliphatic heterocycles. The molecule has 2 aromatic rings. The summed E-state index contributed by atoms with van der Waals surface area (Å²) in [6.45, 7) is 0.0293. The van der Waals surface area contributed by atoms with Crippen molar-refractivity contribution in [2.24, 2.45) is 5.92 Å². The van der Waals surface area contributed by atoms with Crippen molar-refractivity contribution in [2.75, 3.05) is 0 Å². The molecule has 1 saturated carbocycles. The number of aromatic nitrogens is 2. The van der Waals surface area contributed by atoms with E-state index in [9.17, 15) is 18.0 Å². The van der Waals surface area contributed by atoms with Crippen LogP contribution < -0.4 is 5.32 Å². The van der Waals surface area contributed by atoms with Gasteiger partial charge >= 0.3 is 0 Å². The van der Waals surface area contributed by atoms with Crippen molar-refractivity contribution in [1.82, 2.24) is 15.1 Å². The number of nitrogens with zero attached hydrogens (tertiary/aromatic N) is 2. The summed E-state index contributed by atoms with van der Waals surface area (Å²) < 4.78 is 41.1. The van der Waals surface area contributed by atoms with Gasteiger partial charge in [-0.15, -0.1) is 0 Å². The van der Waals surface area contributed by atoms with Gasteiger partial charge in [0.1, 0.15) is 5.82 Å². The lowest BCUT2D eigenvalue weighted by Gasteiger charge is -2.34. The van der Waals surface area contributed by atoms with Crippen LogP contribution in [-0.4, -0.2) is 21.6 Å². The van der Waals surface area contributed by atoms with Crippen molar-refractivity contribution in [2.45, 2.75) is 38.2 Å². The van der Waals surface area contributed by atoms with Crippen molar-refractivity contribution in [3.8, 4) is 5.69 Å². The summed E-state index contributed by atoms with van der Waals surface area (Å²) >= 11 is 0. The Bertz CT molecular complexity index is 708. The van der Waals surface area contributed by atoms with Gasteiger partial charge in [-0.3, -0.25) is 4.79 Å². The highest BCUT2D eigenvalue weighted by molar-refractivity contribution is 5.76. The molecule has 0 spiro atoms. The van der Waals surface area contributed by atoms with E-state index in [1.165, 1.54) is 10.7 Å². The normalized spacial score (nSPS) is 16.6. The maximum Gasteiger partial charge on any atom is 0.248 e. The molecule has 0 atom stereocenters. The summed E-state index contributed by atoms with van der Waals surface area (Å²) in [5, 5.41) is 6.73. The first-order valence-electron chi connectivity index (χ1n) is 7.86. The average Bonchev–Trinajstić information content (AvgIpc) is 3.03. The molecular weight excluding hydrogens is 319 g/mol. The Morgan fingerprint density at radius 1 is 1.33 bits per heavy atom. The molecule has 0 bridgehead atoms. The highest BCUT2D eigenvalue weighted by Gasteiger charge is 2.44. The average molecular weight is 337 g/mol. The molecule has 1 fully saturated rings. The van der Waals surface area contributed by atoms with Crippen LogP contribution in [-0.2, 0) is 11.3 Å². The van der Waals surface area contributed by atoms with Crippen molar-refractivity contribution in [1.29, 1.82) is 0 Å². The van der Waals surface area contributed by atoms with Crippen LogP contribution >= 0.6 is 0 Å². The zero-order valence-corrected chi connectivity index (χ0v) is 13.0. The molecule has 1 heterocycles. The Kier molecular flexibility index (Phi) is 4.59. The Labute approximate surface area is 137 Å². The molecule has 128 valence electrons. The fourth-order valence-electron chi connectivity index (χ4n) is 2.95. The molecule has 0 saturated heterocycles. The molecule has 1 N–H and O–H groups in total. The molecule has 0 unspecified atom stereocenters. The van der Waals surface area contributed by atoms with E-state index >= 15 is 0 Å². The molecule has 3 rings (SSSR count). The minimum Gasteiger partial charge on any atom is -0.352 e. The Hall–Kier alpha value is -2.31. The molecule has 24 heavy (non-hydrogen) atoms. The largest absolute Gasteiger partial charge is 0.352 e. The molecule has 1 amide bonds. The molecule has 1 aromatic heterocycles. The number of hydrogen-bond donors (Lipinski definition) is 1. The molecule has 1 aliphatic rings. The molecule has 7 heteroatoms. The van der Waals surface area contributed by atoms with E-state index in [1.807, 2.05) is 0 Å². The number of halogens is 3. The van der Waals surface area contributed by atoms with Gasteiger partial charge in [0.05, 0.1) is 5.69 Å². The topological polar surface area (TPSA) is 46.9 Å². The van der Waals surface area contributed by atoms with Gasteiger partial charge in [0.2, 0.25) is 11.8 Å². The van der Waals surface area contributed by atoms with Crippen LogP contribution in [0.25, 0.3) is 5.69 Å². The van der Waals surface area contributed by atoms with Crippen LogP contribution in [0.15, 0.2) is 36.7 Å². The summed E-state index contributed by atoms with van der Waals surface area (Å²) in [6, 6.07) is 6.34. The summed E-state index contributed by atoms with van der Waals surface area (Å²) in [5.41, 5.74) is 0.892. The van der Waals surface area contributed by atoms with Crippen molar-refractivity contribution < 1.29 is 18.0 Å². The van der Waals surface area contributed by atoms with Gasteiger partial charge in [0, 0.05) is 43.8 Å². The van der Waals surface area contributed by atoms with Gasteiger partial charge in [0.15, 0.2) is 0 Å². The second kappa shape index (κ2) is 6.67. The number of hydrogen-bond acceptors (Lipinski definition) is 2. The van der Waals surface area contributed by atoms with Crippen LogP contribution in [0.4, 0.5) is 13.2 Å². The van der Waals surface area contributed by atoms with Crippen molar-refractivity contribution in [3.63, 3.8) is 0 Å². The fraction of sp³-hybridized carbons (Fsp3) is 0.412. The first-order chi connectivity index (χ1) is 11.4. The van der Waals surface area contributed by atoms with E-state index in [2.05, 4.69) is 10.4 Å². The number of benzene rings is 1. The van der Waals surface area contributed by atoms with E-state index in [-0.39, 0.29) is 37.6 Å². The lowest BCUT2D eigenvalue weighted by atomic mass is 9.78. The van der Waals surface area contributed by atoms with Gasteiger partial charge in [-0.25, -0.2) is 17.9 Å². The van der Waals surface area contributed by atoms with Crippen LogP contribution in [0.3, 0.4) is 0 Å². The monoisotopic (exact) mass is 337 g/mol. The zero-order chi connectivity index (χ0) is 17.2. The number of carbonyl (C=O) groups is 1. The maximum absolute atomic E-state index is 14.1. The van der Waals surface area contributed by atoms with Crippen molar-refractivity contribution in [3.05, 3.63) is 48.0 Å². The zero-order valence-electron chi connectivity index (χ0n) is 13.0. The minimum absolute atomic E-state index is 0.0293. The van der Waals surface area contributed by atoms with Gasteiger partial charge in [0.25, 0.3) is 0 Å². The number of rotatable bonds is 6. The Morgan fingerprint density at radius 3 is 2.79 bits per heavy atom. The summed E-state index contributed by atoms with van der Waals surface area (Å²) in [5.74, 6) is -3.35. The molecular formula is C17H18F3N3O. The highest BCUT2D eigenvalue weighted by Crippen LogP contribution is 2.44. The van der Waals surface area contributed by atoms with Gasteiger partial charge in [-0.2, -0.15) is 5.10 Å². The second-order valence-corrected chi connectivity index (χ2v) is 6.13. The van der Waals surface area contributed by atoms with E-state index in [4.69, 9.17) is 0 Å². The summed E-state index contributed by atoms with van der Waals surface area (Å²) in [7, 11) is 0. The Balaban J connectivity index is 1.56. The van der Waals surface area contributed by atoms with E-state index in [1.54, 1.807) is 30.6 Å². The van der Waals surface area contributed by atoms with E-state index in [0.717, 1.165) is 0 Å². The number of alkyl halides is 2. The quantitative estimate of drug-likeness (QED) is 0.877. The predicted molar refractivity (Wildman–Crippen MR) is 82.3 cm³/mol. The van der Waals surface area contributed by atoms with E-state index in [0.29, 0.717) is 17.7 Å². The van der Waals surface area contributed by atoms with Crippen LogP contribution in [0.2, 0.25) is 0 Å². The smallest absolute Gasteiger partial charge is 0.248 e. The lowest BCUT2D eigenvalue weighted by molar-refractivity contribution is -0.126. The van der Waals surface area contributed by atoms with Gasteiger partial charge < -0.3 is 5.32 Å². The highest BCUT2D eigenvalue weighted by atomic mass is 19.3. The van der Waals surface area contributed by atoms with Crippen molar-refractivity contribution >= 4 is 5.91 Å². The third kappa shape index (κ3) is 3.77. The molecule has 1 aromatic carbocycles. The second-order valence-electron chi connectivity index (χ2n) is 6.13. The summed E-state index contributed by atoms with van der Waals surface area (Å²) in [6.07, 6.45) is 3.60. The van der Waals surface area contributed by atoms with Gasteiger partial charge in [-0.05, 0) is 30.5 Å². The number of nitrogens with one attached hydrogen (secondary N) is 1. The minimum atomic E-state index is -2.56. The maximum atomic E-state index is 14.1. The standard InChI is InChI=1S/C17H18F3N3O/c18-14-3-1-4-15(23-8-2-7-22-23)13(14)11-21-16(24)6-5-12-9-17(19,20)10-12/h1-4,7-8,12H,5-6,9-11H2,(H,21,24). The third-order valence-electron chi connectivity index (χ3n) is 4.26. The van der Waals surface area contributed by atoms with Gasteiger partial charge in [-0.1, -0.05) is 6.07 Å². The first kappa shape index (κ1) is 16.5. The summed E-state index contributed by atoms with van der Waals surface area (Å²) in [4.78, 5) is 11.9. The number of amides is 1. The van der Waals surface area contributed by atoms with E-state index < -0.39 is 11.7 Å². The number of carbonyl (C=O) groups excluding carboxylic acids is 1. The SMILES string of the molecule is O=C(CCC1CC(F)(F)C1)NCc1c(F)cccc1-n1cccn1. The van der Waals surface area contributed by atoms with Crippen LogP contribution in [0, 0.1) is 11.7 Å². The Morgan fingerprint density at radius 2 is 2.12 bits per heavy atom. The molecule has 4 nitrogen and oxygen atoms in total. The third-order valence-corrected chi connectivity index (χ3v) is 4.26. The fourth-order valence-corrected chi connectivity index (χ4v) is 2.95. The first-order valence-corrected chi connectivity index (χ1v) is 7.86. The molecule has 1 aliphatic carbocycles. The van der Waals surface area contributed by atoms with Crippen LogP contribution in [0.1, 0.15) is 31.2 Å². The molecule has 0 radical (unpaired) electrons.